The molecule has 0 radical (unpaired) electrons. The fraction of sp³-hybridized carbons (Fsp3) is 0.0714. The van der Waals surface area contributed by atoms with Crippen molar-refractivity contribution in [2.45, 2.75) is 0 Å². The van der Waals surface area contributed by atoms with Crippen molar-refractivity contribution in [3.63, 3.8) is 0 Å². The molecule has 2 aromatic carbocycles. The van der Waals surface area contributed by atoms with Crippen molar-refractivity contribution < 1.29 is 4.74 Å². The van der Waals surface area contributed by atoms with E-state index >= 15 is 0 Å². The summed E-state index contributed by atoms with van der Waals surface area (Å²) in [5, 5.41) is 8.36. The van der Waals surface area contributed by atoms with Gasteiger partial charge in [-0.2, -0.15) is 9.66 Å². The zero-order valence-electron chi connectivity index (χ0n) is 10.4. The van der Waals surface area contributed by atoms with E-state index in [0.29, 0.717) is 6.01 Å². The number of rotatable bonds is 3. The van der Waals surface area contributed by atoms with Crippen molar-refractivity contribution in [2.75, 3.05) is 7.11 Å². The summed E-state index contributed by atoms with van der Waals surface area (Å²) < 4.78 is 6.80. The third-order valence-corrected chi connectivity index (χ3v) is 2.70. The van der Waals surface area contributed by atoms with Crippen LogP contribution in [0.4, 0.5) is 5.69 Å². The van der Waals surface area contributed by atoms with Gasteiger partial charge in [-0.15, -0.1) is 5.11 Å². The highest BCUT2D eigenvalue weighted by atomic mass is 16.5. The maximum Gasteiger partial charge on any atom is 0.319 e. The lowest BCUT2D eigenvalue weighted by Crippen LogP contribution is -1.93. The van der Waals surface area contributed by atoms with Crippen molar-refractivity contribution in [2.24, 2.45) is 10.3 Å². The first-order valence-corrected chi connectivity index (χ1v) is 5.87. The summed E-state index contributed by atoms with van der Waals surface area (Å²) in [5.41, 5.74) is 2.47. The Morgan fingerprint density at radius 2 is 1.74 bits per heavy atom. The van der Waals surface area contributed by atoms with Crippen LogP contribution in [0.3, 0.4) is 0 Å². The predicted molar refractivity (Wildman–Crippen MR) is 72.6 cm³/mol. The largest absolute Gasteiger partial charge is 0.467 e. The topological polar surface area (TPSA) is 51.8 Å². The van der Waals surface area contributed by atoms with E-state index in [1.165, 1.54) is 0 Å². The van der Waals surface area contributed by atoms with Gasteiger partial charge in [0.1, 0.15) is 0 Å². The van der Waals surface area contributed by atoms with Crippen molar-refractivity contribution in [3.8, 4) is 6.01 Å². The molecular weight excluding hydrogens is 240 g/mol. The first-order chi connectivity index (χ1) is 9.38. The van der Waals surface area contributed by atoms with Gasteiger partial charge < -0.3 is 4.74 Å². The Morgan fingerprint density at radius 1 is 1.00 bits per heavy atom. The second kappa shape index (κ2) is 4.89. The molecule has 0 aliphatic carbocycles. The molecule has 0 amide bonds. The summed E-state index contributed by atoms with van der Waals surface area (Å²) in [6, 6.07) is 17.6. The van der Waals surface area contributed by atoms with Crippen molar-refractivity contribution in [1.29, 1.82) is 0 Å². The summed E-state index contributed by atoms with van der Waals surface area (Å²) in [6.45, 7) is 0. The van der Waals surface area contributed by atoms with Gasteiger partial charge in [0.2, 0.25) is 0 Å². The van der Waals surface area contributed by atoms with Crippen LogP contribution in [0.15, 0.2) is 64.9 Å². The minimum absolute atomic E-state index is 0.417. The van der Waals surface area contributed by atoms with Gasteiger partial charge in [0.15, 0.2) is 0 Å². The highest BCUT2D eigenvalue weighted by molar-refractivity contribution is 5.76. The van der Waals surface area contributed by atoms with Gasteiger partial charge >= 0.3 is 6.01 Å². The van der Waals surface area contributed by atoms with Crippen LogP contribution in [-0.2, 0) is 0 Å². The number of fused-ring (bicyclic) bond motifs is 1. The number of ether oxygens (including phenoxy) is 1. The van der Waals surface area contributed by atoms with Gasteiger partial charge in [0.05, 0.1) is 23.8 Å². The molecule has 5 nitrogen and oxygen atoms in total. The highest BCUT2D eigenvalue weighted by Crippen LogP contribution is 2.22. The molecule has 3 aromatic rings. The van der Waals surface area contributed by atoms with Crippen LogP contribution in [0.25, 0.3) is 11.0 Å². The molecular formula is C14H12N4O. The second-order valence-corrected chi connectivity index (χ2v) is 3.92. The monoisotopic (exact) mass is 252 g/mol. The zero-order chi connectivity index (χ0) is 13.1. The molecule has 0 saturated carbocycles. The summed E-state index contributed by atoms with van der Waals surface area (Å²) in [7, 11) is 1.57. The summed E-state index contributed by atoms with van der Waals surface area (Å²) in [4.78, 5) is 4.33. The van der Waals surface area contributed by atoms with E-state index in [-0.39, 0.29) is 0 Å². The van der Waals surface area contributed by atoms with E-state index in [4.69, 9.17) is 4.74 Å². The fourth-order valence-corrected chi connectivity index (χ4v) is 1.80. The molecule has 19 heavy (non-hydrogen) atoms. The maximum atomic E-state index is 5.22. The normalized spacial score (nSPS) is 11.2. The van der Waals surface area contributed by atoms with Crippen molar-refractivity contribution in [1.82, 2.24) is 9.66 Å². The van der Waals surface area contributed by atoms with Crippen LogP contribution in [-0.4, -0.2) is 16.8 Å². The molecule has 3 rings (SSSR count). The number of methoxy groups -OCH3 is 1. The van der Waals surface area contributed by atoms with Gasteiger partial charge in [-0.1, -0.05) is 35.6 Å². The maximum absolute atomic E-state index is 5.22. The van der Waals surface area contributed by atoms with Crippen LogP contribution in [0.1, 0.15) is 0 Å². The summed E-state index contributed by atoms with van der Waals surface area (Å²) >= 11 is 0. The smallest absolute Gasteiger partial charge is 0.319 e. The molecule has 1 heterocycles. The number of aromatic nitrogens is 2. The van der Waals surface area contributed by atoms with Crippen LogP contribution in [0.5, 0.6) is 6.01 Å². The molecule has 0 aliphatic heterocycles. The lowest BCUT2D eigenvalue weighted by molar-refractivity contribution is 0.364. The van der Waals surface area contributed by atoms with Crippen LogP contribution < -0.4 is 4.74 Å². The molecule has 0 unspecified atom stereocenters. The first kappa shape index (κ1) is 11.4. The number of nitrogens with zero attached hydrogens (tertiary/aromatic N) is 4. The zero-order valence-corrected chi connectivity index (χ0v) is 10.4. The molecule has 0 atom stereocenters. The number of hydrogen-bond acceptors (Lipinski definition) is 4. The number of benzene rings is 2. The Morgan fingerprint density at radius 3 is 2.53 bits per heavy atom. The van der Waals surface area contributed by atoms with Gasteiger partial charge in [-0.3, -0.25) is 0 Å². The molecule has 0 N–H and O–H groups in total. The van der Waals surface area contributed by atoms with Gasteiger partial charge in [0, 0.05) is 0 Å². The second-order valence-electron chi connectivity index (χ2n) is 3.92. The molecule has 0 saturated heterocycles. The standard InChI is InChI=1S/C14H12N4O/c1-19-14-15-12-9-5-6-10-13(12)18(14)17-16-11-7-3-2-4-8-11/h2-10H,1H3. The minimum atomic E-state index is 0.417. The number of hydrogen-bond donors (Lipinski definition) is 0. The third kappa shape index (κ3) is 2.18. The fourth-order valence-electron chi connectivity index (χ4n) is 1.80. The third-order valence-electron chi connectivity index (χ3n) is 2.70. The van der Waals surface area contributed by atoms with E-state index in [9.17, 15) is 0 Å². The van der Waals surface area contributed by atoms with Crippen LogP contribution >= 0.6 is 0 Å². The van der Waals surface area contributed by atoms with Crippen LogP contribution in [0, 0.1) is 0 Å². The van der Waals surface area contributed by atoms with Crippen molar-refractivity contribution in [3.05, 3.63) is 54.6 Å². The van der Waals surface area contributed by atoms with E-state index in [0.717, 1.165) is 16.7 Å². The Kier molecular flexibility index (Phi) is 2.94. The quantitative estimate of drug-likeness (QED) is 0.669. The lowest BCUT2D eigenvalue weighted by Gasteiger charge is -1.99. The lowest BCUT2D eigenvalue weighted by atomic mass is 10.3. The average molecular weight is 252 g/mol. The molecule has 5 heteroatoms. The summed E-state index contributed by atoms with van der Waals surface area (Å²) in [6.07, 6.45) is 0. The van der Waals surface area contributed by atoms with Crippen molar-refractivity contribution >= 4 is 16.7 Å². The Balaban J connectivity index is 2.07. The van der Waals surface area contributed by atoms with Crippen LogP contribution in [0.2, 0.25) is 0 Å². The molecule has 0 spiro atoms. The highest BCUT2D eigenvalue weighted by Gasteiger charge is 2.09. The van der Waals surface area contributed by atoms with Gasteiger partial charge in [-0.05, 0) is 24.3 Å². The molecule has 94 valence electrons. The molecule has 0 bridgehead atoms. The number of imidazole rings is 1. The predicted octanol–water partition coefficient (Wildman–Crippen LogP) is 3.59. The minimum Gasteiger partial charge on any atom is -0.467 e. The number of para-hydroxylation sites is 2. The van der Waals surface area contributed by atoms with E-state index in [2.05, 4.69) is 15.3 Å². The Labute approximate surface area is 110 Å². The van der Waals surface area contributed by atoms with Gasteiger partial charge in [-0.25, -0.2) is 0 Å². The Bertz CT molecular complexity index is 719. The van der Waals surface area contributed by atoms with Gasteiger partial charge in [0.25, 0.3) is 0 Å². The van der Waals surface area contributed by atoms with E-state index in [1.807, 2.05) is 54.6 Å². The van der Waals surface area contributed by atoms with E-state index < -0.39 is 0 Å². The average Bonchev–Trinajstić information content (AvgIpc) is 2.84. The Hall–Kier alpha value is -2.69. The molecule has 0 fully saturated rings. The first-order valence-electron chi connectivity index (χ1n) is 5.87. The van der Waals surface area contributed by atoms with E-state index in [1.54, 1.807) is 11.8 Å². The molecule has 1 aromatic heterocycles. The summed E-state index contributed by atoms with van der Waals surface area (Å²) in [5.74, 6) is 0. The SMILES string of the molecule is COc1nc2ccccc2n1N=Nc1ccccc1. The molecule has 0 aliphatic rings.